The van der Waals surface area contributed by atoms with Crippen LogP contribution in [0.3, 0.4) is 0 Å². The molecule has 1 amide bonds. The third-order valence-electron chi connectivity index (χ3n) is 5.99. The molecule has 0 N–H and O–H groups in total. The highest BCUT2D eigenvalue weighted by atomic mass is 32.2. The van der Waals surface area contributed by atoms with E-state index in [2.05, 4.69) is 16.0 Å². The van der Waals surface area contributed by atoms with Gasteiger partial charge in [-0.05, 0) is 57.4 Å². The van der Waals surface area contributed by atoms with E-state index in [1.54, 1.807) is 11.1 Å². The summed E-state index contributed by atoms with van der Waals surface area (Å²) >= 11 is 0. The van der Waals surface area contributed by atoms with Crippen molar-refractivity contribution in [3.63, 3.8) is 0 Å². The molecule has 1 spiro atoms. The van der Waals surface area contributed by atoms with E-state index in [1.807, 2.05) is 32.9 Å². The molecule has 0 radical (unpaired) electrons. The Morgan fingerprint density at radius 1 is 1.15 bits per heavy atom. The lowest BCUT2D eigenvalue weighted by Crippen LogP contribution is -2.52. The molecular weight excluding hydrogens is 458 g/mol. The van der Waals surface area contributed by atoms with Gasteiger partial charge in [-0.25, -0.2) is 4.79 Å². The highest BCUT2D eigenvalue weighted by Crippen LogP contribution is 2.40. The van der Waals surface area contributed by atoms with Crippen molar-refractivity contribution in [2.75, 3.05) is 19.3 Å². The number of nitrogens with zero attached hydrogens (tertiary/aromatic N) is 3. The summed E-state index contributed by atoms with van der Waals surface area (Å²) in [4.78, 5) is 22.8. The van der Waals surface area contributed by atoms with Crippen LogP contribution in [0, 0.1) is 0 Å². The zero-order valence-electron chi connectivity index (χ0n) is 20.0. The number of carbonyl (C=O) groups excluding carboxylic acids is 1. The van der Waals surface area contributed by atoms with Crippen LogP contribution in [-0.2, 0) is 32.1 Å². The predicted octanol–water partition coefficient (Wildman–Crippen LogP) is 3.71. The van der Waals surface area contributed by atoms with E-state index in [1.165, 1.54) is 6.20 Å². The molecule has 1 saturated heterocycles. The molecule has 2 aliphatic heterocycles. The smallest absolute Gasteiger partial charge is 0.410 e. The summed E-state index contributed by atoms with van der Waals surface area (Å²) in [5.41, 5.74) is 2.41. The third-order valence-corrected chi connectivity index (χ3v) is 6.53. The standard InChI is InChI=1S/C24H31N3O6S/c1-23(2,3)33-22(28)27-11-9-24(10-12-27)8-7-18-13-17(5-6-21(18)32-24)20-15-25-19(14-26-20)16-31-34(4,29)30/h5-6,13-15H,7-12,16H2,1-4H3. The molecule has 34 heavy (non-hydrogen) atoms. The maximum absolute atomic E-state index is 12.4. The Bertz CT molecular complexity index is 1150. The largest absolute Gasteiger partial charge is 0.487 e. The first-order chi connectivity index (χ1) is 15.9. The van der Waals surface area contributed by atoms with Gasteiger partial charge in [-0.15, -0.1) is 0 Å². The number of piperidine rings is 1. The molecule has 1 aromatic heterocycles. The summed E-state index contributed by atoms with van der Waals surface area (Å²) in [6, 6.07) is 5.98. The van der Waals surface area contributed by atoms with Crippen LogP contribution in [0.15, 0.2) is 30.6 Å². The van der Waals surface area contributed by atoms with Crippen LogP contribution in [0.1, 0.15) is 51.3 Å². The number of rotatable bonds is 4. The van der Waals surface area contributed by atoms with Crippen molar-refractivity contribution < 1.29 is 26.9 Å². The number of hydrogen-bond acceptors (Lipinski definition) is 8. The van der Waals surface area contributed by atoms with Crippen molar-refractivity contribution >= 4 is 16.2 Å². The van der Waals surface area contributed by atoms with Gasteiger partial charge in [0.05, 0.1) is 30.0 Å². The van der Waals surface area contributed by atoms with Crippen LogP contribution < -0.4 is 4.74 Å². The second-order valence-corrected chi connectivity index (χ2v) is 11.6. The lowest BCUT2D eigenvalue weighted by Gasteiger charge is -2.44. The zero-order chi connectivity index (χ0) is 24.6. The lowest BCUT2D eigenvalue weighted by molar-refractivity contribution is -0.0272. The van der Waals surface area contributed by atoms with E-state index in [4.69, 9.17) is 13.7 Å². The summed E-state index contributed by atoms with van der Waals surface area (Å²) in [6.45, 7) is 6.72. The monoisotopic (exact) mass is 489 g/mol. The zero-order valence-corrected chi connectivity index (χ0v) is 20.9. The van der Waals surface area contributed by atoms with Crippen molar-refractivity contribution in [1.29, 1.82) is 0 Å². The first kappa shape index (κ1) is 24.4. The fraction of sp³-hybridized carbons (Fsp3) is 0.542. The van der Waals surface area contributed by atoms with Gasteiger partial charge >= 0.3 is 6.09 Å². The van der Waals surface area contributed by atoms with E-state index in [-0.39, 0.29) is 18.3 Å². The number of benzene rings is 1. The molecule has 2 aliphatic rings. The highest BCUT2D eigenvalue weighted by molar-refractivity contribution is 7.85. The number of fused-ring (bicyclic) bond motifs is 1. The van der Waals surface area contributed by atoms with Crippen molar-refractivity contribution in [2.24, 2.45) is 0 Å². The lowest BCUT2D eigenvalue weighted by atomic mass is 9.83. The molecule has 3 heterocycles. The van der Waals surface area contributed by atoms with Crippen LogP contribution in [0.5, 0.6) is 5.75 Å². The summed E-state index contributed by atoms with van der Waals surface area (Å²) in [6.07, 6.45) is 7.18. The van der Waals surface area contributed by atoms with Crippen LogP contribution >= 0.6 is 0 Å². The molecule has 0 atom stereocenters. The minimum atomic E-state index is -3.53. The molecule has 1 fully saturated rings. The van der Waals surface area contributed by atoms with Crippen molar-refractivity contribution in [2.45, 2.75) is 64.3 Å². The van der Waals surface area contributed by atoms with Gasteiger partial charge in [0.2, 0.25) is 0 Å². The Balaban J connectivity index is 1.39. The van der Waals surface area contributed by atoms with Gasteiger partial charge in [0.25, 0.3) is 10.1 Å². The van der Waals surface area contributed by atoms with Gasteiger partial charge in [0, 0.05) is 31.5 Å². The van der Waals surface area contributed by atoms with Gasteiger partial charge in [-0.2, -0.15) is 8.42 Å². The number of ether oxygens (including phenoxy) is 2. The maximum Gasteiger partial charge on any atom is 0.410 e. The van der Waals surface area contributed by atoms with Crippen molar-refractivity contribution in [3.8, 4) is 17.0 Å². The van der Waals surface area contributed by atoms with Gasteiger partial charge < -0.3 is 14.4 Å². The topological polar surface area (TPSA) is 108 Å². The summed E-state index contributed by atoms with van der Waals surface area (Å²) in [7, 11) is -3.53. The molecular formula is C24H31N3O6S. The predicted molar refractivity (Wildman–Crippen MR) is 126 cm³/mol. The number of amides is 1. The Kier molecular flexibility index (Phi) is 6.56. The molecule has 0 unspecified atom stereocenters. The van der Waals surface area contributed by atoms with E-state index in [9.17, 15) is 13.2 Å². The fourth-order valence-corrected chi connectivity index (χ4v) is 4.54. The molecule has 10 heteroatoms. The van der Waals surface area contributed by atoms with Crippen LogP contribution in [0.25, 0.3) is 11.3 Å². The quantitative estimate of drug-likeness (QED) is 0.598. The molecule has 4 rings (SSSR count). The first-order valence-corrected chi connectivity index (χ1v) is 13.2. The van der Waals surface area contributed by atoms with Gasteiger partial charge in [-0.3, -0.25) is 14.2 Å². The van der Waals surface area contributed by atoms with Crippen LogP contribution in [0.4, 0.5) is 4.79 Å². The number of aryl methyl sites for hydroxylation is 1. The normalized spacial score (nSPS) is 17.7. The SMILES string of the molecule is CC(C)(C)OC(=O)N1CCC2(CCc3cc(-c4cnc(COS(C)(=O)=O)cn4)ccc3O2)CC1. The average molecular weight is 490 g/mol. The fourth-order valence-electron chi connectivity index (χ4n) is 4.20. The molecule has 0 saturated carbocycles. The Hall–Kier alpha value is -2.72. The summed E-state index contributed by atoms with van der Waals surface area (Å²) < 4.78 is 39.0. The Labute approximate surface area is 200 Å². The molecule has 0 aliphatic carbocycles. The van der Waals surface area contributed by atoms with E-state index < -0.39 is 15.7 Å². The Morgan fingerprint density at radius 2 is 1.88 bits per heavy atom. The van der Waals surface area contributed by atoms with Gasteiger partial charge in [0.1, 0.15) is 23.6 Å². The van der Waals surface area contributed by atoms with E-state index in [0.29, 0.717) is 24.5 Å². The second kappa shape index (κ2) is 9.14. The molecule has 0 bridgehead atoms. The van der Waals surface area contributed by atoms with E-state index in [0.717, 1.165) is 48.8 Å². The Morgan fingerprint density at radius 3 is 2.50 bits per heavy atom. The van der Waals surface area contributed by atoms with Crippen LogP contribution in [-0.4, -0.2) is 59.9 Å². The summed E-state index contributed by atoms with van der Waals surface area (Å²) in [5.74, 6) is 0.867. The molecule has 2 aromatic rings. The average Bonchev–Trinajstić information content (AvgIpc) is 2.76. The molecule has 1 aromatic carbocycles. The number of aromatic nitrogens is 2. The van der Waals surface area contributed by atoms with E-state index >= 15 is 0 Å². The molecule has 184 valence electrons. The van der Waals surface area contributed by atoms with Gasteiger partial charge in [-0.1, -0.05) is 0 Å². The number of likely N-dealkylation sites (tertiary alicyclic amines) is 1. The highest BCUT2D eigenvalue weighted by Gasteiger charge is 2.41. The second-order valence-electron chi connectivity index (χ2n) is 9.93. The van der Waals surface area contributed by atoms with Crippen molar-refractivity contribution in [3.05, 3.63) is 41.9 Å². The van der Waals surface area contributed by atoms with Crippen molar-refractivity contribution in [1.82, 2.24) is 14.9 Å². The first-order valence-electron chi connectivity index (χ1n) is 11.4. The number of hydrogen-bond donors (Lipinski definition) is 0. The number of carbonyl (C=O) groups is 1. The van der Waals surface area contributed by atoms with Crippen LogP contribution in [0.2, 0.25) is 0 Å². The minimum Gasteiger partial charge on any atom is -0.487 e. The molecule has 9 nitrogen and oxygen atoms in total. The third kappa shape index (κ3) is 6.04. The minimum absolute atomic E-state index is 0.141. The maximum atomic E-state index is 12.4. The summed E-state index contributed by atoms with van der Waals surface area (Å²) in [5, 5.41) is 0. The van der Waals surface area contributed by atoms with Gasteiger partial charge in [0.15, 0.2) is 0 Å².